The van der Waals surface area contributed by atoms with Crippen molar-refractivity contribution in [2.24, 2.45) is 0 Å². The summed E-state index contributed by atoms with van der Waals surface area (Å²) in [6.45, 7) is 32.1. The molecule has 0 radical (unpaired) electrons. The molecule has 0 aliphatic carbocycles. The maximum atomic E-state index is 5.99. The number of aryl methyl sites for hydroxylation is 2. The average molecular weight is 805 g/mol. The molecular formula is C52H76N4OS. The maximum Gasteiger partial charge on any atom is 0.163 e. The molecule has 6 heteroatoms. The molecule has 0 aliphatic rings. The summed E-state index contributed by atoms with van der Waals surface area (Å²) in [6.07, 6.45) is 0. The van der Waals surface area contributed by atoms with Gasteiger partial charge < -0.3 is 9.32 Å². The second-order valence-electron chi connectivity index (χ2n) is 11.1. The van der Waals surface area contributed by atoms with Gasteiger partial charge in [0.2, 0.25) is 0 Å². The molecule has 58 heavy (non-hydrogen) atoms. The molecule has 3 heterocycles. The summed E-state index contributed by atoms with van der Waals surface area (Å²) >= 11 is 1.89. The fourth-order valence-corrected chi connectivity index (χ4v) is 6.25. The number of furan rings is 1. The van der Waals surface area contributed by atoms with Gasteiger partial charge in [-0.2, -0.15) is 0 Å². The Balaban J connectivity index is 0. The smallest absolute Gasteiger partial charge is 0.163 e. The van der Waals surface area contributed by atoms with Gasteiger partial charge >= 0.3 is 0 Å². The van der Waals surface area contributed by atoms with E-state index < -0.39 is 0 Å². The van der Waals surface area contributed by atoms with Crippen LogP contribution in [0.1, 0.15) is 108 Å². The van der Waals surface area contributed by atoms with Crippen LogP contribution in [0, 0.1) is 13.8 Å². The van der Waals surface area contributed by atoms with Crippen molar-refractivity contribution >= 4 is 53.4 Å². The van der Waals surface area contributed by atoms with Crippen molar-refractivity contribution < 1.29 is 4.42 Å². The molecule has 0 spiro atoms. The van der Waals surface area contributed by atoms with E-state index >= 15 is 0 Å². The number of benzene rings is 5. The highest BCUT2D eigenvalue weighted by Crippen LogP contribution is 2.35. The van der Waals surface area contributed by atoms with Crippen LogP contribution in [0.2, 0.25) is 0 Å². The minimum Gasteiger partial charge on any atom is -0.456 e. The molecule has 0 N–H and O–H groups in total. The first-order valence-electron chi connectivity index (χ1n) is 21.5. The van der Waals surface area contributed by atoms with Crippen molar-refractivity contribution in [3.63, 3.8) is 0 Å². The minimum absolute atomic E-state index is 0.652. The summed E-state index contributed by atoms with van der Waals surface area (Å²) in [6, 6.07) is 39.2. The topological polar surface area (TPSA) is 55.1 Å². The lowest BCUT2D eigenvalue weighted by Crippen LogP contribution is -1.99. The van der Waals surface area contributed by atoms with E-state index in [9.17, 15) is 0 Å². The maximum absolute atomic E-state index is 5.99. The lowest BCUT2D eigenvalue weighted by Gasteiger charge is -2.05. The first-order valence-corrected chi connectivity index (χ1v) is 22.4. The number of aromatic nitrogens is 3. The van der Waals surface area contributed by atoms with E-state index in [1.54, 1.807) is 0 Å². The molecule has 0 atom stereocenters. The number of nitrogens with zero attached hydrogens (tertiary/aromatic N) is 4. The average Bonchev–Trinajstić information content (AvgIpc) is 3.88. The molecule has 0 amide bonds. The van der Waals surface area contributed by atoms with Gasteiger partial charge in [-0.15, -0.1) is 11.3 Å². The van der Waals surface area contributed by atoms with Crippen LogP contribution in [0.4, 0.5) is 0 Å². The summed E-state index contributed by atoms with van der Waals surface area (Å²) < 4.78 is 8.80. The molecule has 0 fully saturated rings. The number of hydrogen-bond donors (Lipinski definition) is 0. The fourth-order valence-electron chi connectivity index (χ4n) is 5.08. The van der Waals surface area contributed by atoms with E-state index in [0.717, 1.165) is 33.1 Å². The minimum atomic E-state index is 0.652. The first kappa shape index (κ1) is 55.2. The third-order valence-electron chi connectivity index (χ3n) is 7.02. The van der Waals surface area contributed by atoms with Gasteiger partial charge in [0.05, 0.1) is 0 Å². The first-order chi connectivity index (χ1) is 28.4. The molecular weight excluding hydrogens is 729 g/mol. The third-order valence-corrected chi connectivity index (χ3v) is 8.34. The van der Waals surface area contributed by atoms with E-state index in [4.69, 9.17) is 4.42 Å². The lowest BCUT2D eigenvalue weighted by atomic mass is 10.1. The number of thiophene rings is 1. The van der Waals surface area contributed by atoms with Gasteiger partial charge in [0.1, 0.15) is 17.0 Å². The Morgan fingerprint density at radius 2 is 0.897 bits per heavy atom. The number of para-hydroxylation sites is 1. The van der Waals surface area contributed by atoms with E-state index in [1.807, 2.05) is 202 Å². The summed E-state index contributed by atoms with van der Waals surface area (Å²) in [4.78, 5) is 15.7. The fraction of sp³-hybridized carbons (Fsp3) is 0.365. The summed E-state index contributed by atoms with van der Waals surface area (Å²) in [5, 5.41) is 4.99. The van der Waals surface area contributed by atoms with Gasteiger partial charge in [0.15, 0.2) is 11.6 Å². The summed E-state index contributed by atoms with van der Waals surface area (Å²) in [5.41, 5.74) is 4.99. The standard InChI is InChI=1S/C22H15N3O.C13H10S.C3H9N.7C2H6/c1-14-23-21(15-7-3-2-4-8-15)25-22(24-14)16-11-12-18-17-9-5-6-10-19(17)26-20(18)13-16;1-9-5-4-7-11-10-6-2-3-8-12(10)14-13(9)11;1-4(2)3;7*1-2/h2-13H,1H3;2-8H,1H3;1-3H3;7*1-2H3. The molecule has 0 saturated carbocycles. The highest BCUT2D eigenvalue weighted by Gasteiger charge is 2.12. The van der Waals surface area contributed by atoms with E-state index in [2.05, 4.69) is 76.5 Å². The monoisotopic (exact) mass is 805 g/mol. The molecule has 8 rings (SSSR count). The van der Waals surface area contributed by atoms with Crippen LogP contribution in [0.15, 0.2) is 120 Å². The SMILES string of the molecule is CC.CC.CC.CC.CC.CC.CC.CN(C)C.Cc1cccc2c1sc1ccccc12.Cc1nc(-c2ccccc2)nc(-c2ccc3c(c2)oc2ccccc23)n1. The Kier molecular flexibility index (Phi) is 31.5. The highest BCUT2D eigenvalue weighted by atomic mass is 32.1. The lowest BCUT2D eigenvalue weighted by molar-refractivity contribution is 0.505. The molecule has 8 aromatic rings. The van der Waals surface area contributed by atoms with Gasteiger partial charge in [-0.3, -0.25) is 0 Å². The third kappa shape index (κ3) is 16.5. The van der Waals surface area contributed by atoms with Gasteiger partial charge in [-0.05, 0) is 64.8 Å². The van der Waals surface area contributed by atoms with Gasteiger partial charge in [0.25, 0.3) is 0 Å². The van der Waals surface area contributed by atoms with Gasteiger partial charge in [-0.1, -0.05) is 188 Å². The Morgan fingerprint density at radius 1 is 0.431 bits per heavy atom. The van der Waals surface area contributed by atoms with E-state index in [-0.39, 0.29) is 0 Å². The van der Waals surface area contributed by atoms with Crippen LogP contribution in [0.25, 0.3) is 64.9 Å². The largest absolute Gasteiger partial charge is 0.456 e. The predicted molar refractivity (Wildman–Crippen MR) is 266 cm³/mol. The van der Waals surface area contributed by atoms with Crippen molar-refractivity contribution in [1.29, 1.82) is 0 Å². The van der Waals surface area contributed by atoms with Crippen molar-refractivity contribution in [2.45, 2.75) is 111 Å². The quantitative estimate of drug-likeness (QED) is 0.174. The Morgan fingerprint density at radius 3 is 1.48 bits per heavy atom. The Labute approximate surface area is 357 Å². The van der Waals surface area contributed by atoms with Gasteiger partial charge in [0, 0.05) is 42.1 Å². The zero-order valence-electron chi connectivity index (χ0n) is 39.6. The van der Waals surface area contributed by atoms with Crippen molar-refractivity contribution in [3.05, 3.63) is 127 Å². The zero-order chi connectivity index (χ0) is 44.6. The second kappa shape index (κ2) is 33.1. The number of fused-ring (bicyclic) bond motifs is 6. The Bertz CT molecular complexity index is 2200. The molecule has 5 nitrogen and oxygen atoms in total. The van der Waals surface area contributed by atoms with Crippen molar-refractivity contribution in [1.82, 2.24) is 19.9 Å². The number of rotatable bonds is 2. The van der Waals surface area contributed by atoms with Crippen LogP contribution in [-0.4, -0.2) is 41.0 Å². The van der Waals surface area contributed by atoms with Crippen molar-refractivity contribution in [2.75, 3.05) is 21.1 Å². The van der Waals surface area contributed by atoms with Crippen LogP contribution in [0.3, 0.4) is 0 Å². The van der Waals surface area contributed by atoms with Crippen LogP contribution in [-0.2, 0) is 0 Å². The molecule has 0 aliphatic heterocycles. The van der Waals surface area contributed by atoms with Gasteiger partial charge in [-0.25, -0.2) is 15.0 Å². The molecule has 3 aromatic heterocycles. The van der Waals surface area contributed by atoms with Crippen molar-refractivity contribution in [3.8, 4) is 22.8 Å². The van der Waals surface area contributed by atoms with E-state index in [1.165, 1.54) is 25.7 Å². The second-order valence-corrected chi connectivity index (χ2v) is 12.1. The van der Waals surface area contributed by atoms with Crippen LogP contribution >= 0.6 is 11.3 Å². The van der Waals surface area contributed by atoms with Crippen LogP contribution < -0.4 is 0 Å². The molecule has 316 valence electrons. The summed E-state index contributed by atoms with van der Waals surface area (Å²) in [5.74, 6) is 2.02. The molecule has 0 unspecified atom stereocenters. The zero-order valence-corrected chi connectivity index (χ0v) is 40.4. The summed E-state index contributed by atoms with van der Waals surface area (Å²) in [7, 11) is 6.00. The molecule has 0 bridgehead atoms. The van der Waals surface area contributed by atoms with Crippen LogP contribution in [0.5, 0.6) is 0 Å². The normalized spacial score (nSPS) is 9.10. The Hall–Kier alpha value is -4.91. The highest BCUT2D eigenvalue weighted by molar-refractivity contribution is 7.26. The van der Waals surface area contributed by atoms with E-state index in [0.29, 0.717) is 17.5 Å². The number of hydrogen-bond acceptors (Lipinski definition) is 6. The predicted octanol–water partition coefficient (Wildman–Crippen LogP) is 17.1. The molecule has 5 aromatic carbocycles. The molecule has 0 saturated heterocycles.